The molecule has 0 rings (SSSR count). The fraction of sp³-hybridized carbons (Fsp3) is 0.929. The van der Waals surface area contributed by atoms with Gasteiger partial charge in [-0.05, 0) is 13.8 Å². The Morgan fingerprint density at radius 3 is 2.27 bits per heavy atom. The van der Waals surface area contributed by atoms with Crippen molar-refractivity contribution in [2.45, 2.75) is 40.2 Å². The molecule has 0 radical (unpaired) electrons. The van der Waals surface area contributed by atoms with E-state index in [2.05, 4.69) is 4.72 Å². The molecule has 0 aliphatic heterocycles. The summed E-state index contributed by atoms with van der Waals surface area (Å²) in [5.41, 5.74) is 0. The van der Waals surface area contributed by atoms with Gasteiger partial charge in [0, 0.05) is 18.9 Å². The topological polar surface area (TPSA) is 90.9 Å². The van der Waals surface area contributed by atoms with E-state index < -0.39 is 16.0 Å². The largest absolute Gasteiger partial charge is 0.380 e. The number of Topliss-reactive ketones (excluding diaryl/α,β-unsaturated/α-hetero) is 1. The van der Waals surface area contributed by atoms with Gasteiger partial charge in [-0.2, -0.15) is 0 Å². The zero-order valence-corrected chi connectivity index (χ0v) is 14.8. The highest BCUT2D eigenvalue weighted by molar-refractivity contribution is 7.89. The average Bonchev–Trinajstić information content (AvgIpc) is 2.41. The van der Waals surface area contributed by atoms with Gasteiger partial charge in [0.05, 0.1) is 32.5 Å². The highest BCUT2D eigenvalue weighted by Gasteiger charge is 2.10. The van der Waals surface area contributed by atoms with Crippen LogP contribution in [0.3, 0.4) is 0 Å². The first kappa shape index (κ1) is 21.5. The van der Waals surface area contributed by atoms with Gasteiger partial charge in [0.2, 0.25) is 10.0 Å². The number of carbonyl (C=O) groups excluding carboxylic acids is 1. The Hall–Kier alpha value is -0.540. The summed E-state index contributed by atoms with van der Waals surface area (Å²) in [5, 5.41) is 0. The molecular weight excluding hydrogens is 310 g/mol. The number of carbonyl (C=O) groups is 1. The standard InChI is InChI=1S/C14H29NO6S/c1-12(2)14(16)5-7-19-8-6-15-22(17,18)11-20-9-10-21-13(3)4/h12-13,15H,5-11H2,1-4H3. The number of ether oxygens (including phenoxy) is 3. The van der Waals surface area contributed by atoms with Gasteiger partial charge in [-0.15, -0.1) is 0 Å². The third-order valence-corrected chi connectivity index (χ3v) is 3.74. The summed E-state index contributed by atoms with van der Waals surface area (Å²) in [5.74, 6) is -0.267. The van der Waals surface area contributed by atoms with E-state index in [1.165, 1.54) is 0 Å². The second-order valence-electron chi connectivity index (χ2n) is 5.44. The lowest BCUT2D eigenvalue weighted by molar-refractivity contribution is -0.122. The van der Waals surface area contributed by atoms with E-state index >= 15 is 0 Å². The van der Waals surface area contributed by atoms with Crippen molar-refractivity contribution in [3.63, 3.8) is 0 Å². The Balaban J connectivity index is 3.58. The van der Waals surface area contributed by atoms with E-state index in [1.54, 1.807) is 0 Å². The summed E-state index contributed by atoms with van der Waals surface area (Å²) >= 11 is 0. The molecule has 22 heavy (non-hydrogen) atoms. The van der Waals surface area contributed by atoms with Crippen LogP contribution in [0.1, 0.15) is 34.1 Å². The normalized spacial score (nSPS) is 12.3. The van der Waals surface area contributed by atoms with Gasteiger partial charge in [0.25, 0.3) is 0 Å². The fourth-order valence-corrected chi connectivity index (χ4v) is 2.20. The third kappa shape index (κ3) is 13.1. The van der Waals surface area contributed by atoms with Crippen LogP contribution in [0.4, 0.5) is 0 Å². The minimum atomic E-state index is -3.47. The molecule has 0 aliphatic carbocycles. The predicted molar refractivity (Wildman–Crippen MR) is 84.1 cm³/mol. The SMILES string of the molecule is CC(C)OCCOCS(=O)(=O)NCCOCCC(=O)C(C)C. The molecule has 0 aromatic heterocycles. The van der Waals surface area contributed by atoms with Crippen LogP contribution < -0.4 is 4.72 Å². The number of sulfonamides is 1. The summed E-state index contributed by atoms with van der Waals surface area (Å²) in [7, 11) is -3.47. The van der Waals surface area contributed by atoms with Crippen LogP contribution in [0.15, 0.2) is 0 Å². The predicted octanol–water partition coefficient (Wildman–Crippen LogP) is 0.937. The molecule has 8 heteroatoms. The zero-order chi connectivity index (χ0) is 17.0. The minimum absolute atomic E-state index is 0.000994. The van der Waals surface area contributed by atoms with Gasteiger partial charge in [-0.25, -0.2) is 13.1 Å². The molecule has 0 heterocycles. The number of ketones is 1. The van der Waals surface area contributed by atoms with Crippen molar-refractivity contribution in [1.29, 1.82) is 0 Å². The van der Waals surface area contributed by atoms with E-state index in [9.17, 15) is 13.2 Å². The van der Waals surface area contributed by atoms with Gasteiger partial charge in [0.15, 0.2) is 5.94 Å². The molecular formula is C14H29NO6S. The molecule has 0 aromatic carbocycles. The van der Waals surface area contributed by atoms with Crippen molar-refractivity contribution in [2.24, 2.45) is 5.92 Å². The lowest BCUT2D eigenvalue weighted by Crippen LogP contribution is -2.31. The van der Waals surface area contributed by atoms with Crippen molar-refractivity contribution in [3.8, 4) is 0 Å². The Morgan fingerprint density at radius 2 is 1.68 bits per heavy atom. The molecule has 0 saturated heterocycles. The fourth-order valence-electron chi connectivity index (χ4n) is 1.39. The van der Waals surface area contributed by atoms with Gasteiger partial charge in [0.1, 0.15) is 5.78 Å². The zero-order valence-electron chi connectivity index (χ0n) is 14.0. The third-order valence-electron chi connectivity index (χ3n) is 2.62. The molecule has 0 spiro atoms. The first-order valence-corrected chi connectivity index (χ1v) is 9.17. The number of hydrogen-bond donors (Lipinski definition) is 1. The van der Waals surface area contributed by atoms with Gasteiger partial charge >= 0.3 is 0 Å². The van der Waals surface area contributed by atoms with Crippen molar-refractivity contribution in [2.75, 3.05) is 38.9 Å². The summed E-state index contributed by atoms with van der Waals surface area (Å²) in [6, 6.07) is 0. The average molecular weight is 339 g/mol. The molecule has 0 atom stereocenters. The molecule has 7 nitrogen and oxygen atoms in total. The molecule has 132 valence electrons. The van der Waals surface area contributed by atoms with E-state index in [0.29, 0.717) is 19.6 Å². The van der Waals surface area contributed by atoms with Crippen molar-refractivity contribution in [1.82, 2.24) is 4.72 Å². The van der Waals surface area contributed by atoms with Crippen LogP contribution in [0, 0.1) is 5.92 Å². The highest BCUT2D eigenvalue weighted by atomic mass is 32.2. The second-order valence-corrected chi connectivity index (χ2v) is 7.19. The molecule has 0 saturated carbocycles. The summed E-state index contributed by atoms with van der Waals surface area (Å²) in [4.78, 5) is 11.3. The molecule has 0 bridgehead atoms. The first-order valence-electron chi connectivity index (χ1n) is 7.51. The summed E-state index contributed by atoms with van der Waals surface area (Å²) < 4.78 is 41.0. The molecule has 1 N–H and O–H groups in total. The van der Waals surface area contributed by atoms with Crippen LogP contribution in [0.25, 0.3) is 0 Å². The van der Waals surface area contributed by atoms with Crippen LogP contribution in [0.5, 0.6) is 0 Å². The van der Waals surface area contributed by atoms with Crippen LogP contribution in [-0.4, -0.2) is 59.2 Å². The number of rotatable bonds is 14. The van der Waals surface area contributed by atoms with E-state index in [0.717, 1.165) is 0 Å². The van der Waals surface area contributed by atoms with E-state index in [-0.39, 0.29) is 37.6 Å². The lowest BCUT2D eigenvalue weighted by atomic mass is 10.1. The Labute approximate surface area is 133 Å². The maximum absolute atomic E-state index is 11.6. The summed E-state index contributed by atoms with van der Waals surface area (Å²) in [6.45, 7) is 8.74. The second kappa shape index (κ2) is 12.0. The summed E-state index contributed by atoms with van der Waals surface area (Å²) in [6.07, 6.45) is 0.446. The van der Waals surface area contributed by atoms with E-state index in [1.807, 2.05) is 27.7 Å². The lowest BCUT2D eigenvalue weighted by Gasteiger charge is -2.10. The first-order chi connectivity index (χ1) is 10.2. The number of nitrogens with one attached hydrogen (secondary N) is 1. The molecule has 0 unspecified atom stereocenters. The molecule has 0 aliphatic rings. The molecule has 0 fully saturated rings. The van der Waals surface area contributed by atoms with Gasteiger partial charge in [-0.1, -0.05) is 13.8 Å². The number of hydrogen-bond acceptors (Lipinski definition) is 6. The Kier molecular flexibility index (Phi) is 11.7. The smallest absolute Gasteiger partial charge is 0.235 e. The van der Waals surface area contributed by atoms with Crippen LogP contribution >= 0.6 is 0 Å². The Bertz CT molecular complexity index is 394. The van der Waals surface area contributed by atoms with Crippen molar-refractivity contribution in [3.05, 3.63) is 0 Å². The quantitative estimate of drug-likeness (QED) is 0.474. The van der Waals surface area contributed by atoms with Gasteiger partial charge in [-0.3, -0.25) is 4.79 Å². The monoisotopic (exact) mass is 339 g/mol. The maximum atomic E-state index is 11.6. The highest BCUT2D eigenvalue weighted by Crippen LogP contribution is 1.98. The van der Waals surface area contributed by atoms with Crippen LogP contribution in [-0.2, 0) is 29.0 Å². The van der Waals surface area contributed by atoms with E-state index in [4.69, 9.17) is 14.2 Å². The Morgan fingerprint density at radius 1 is 1.00 bits per heavy atom. The molecule has 0 aromatic rings. The molecule has 0 amide bonds. The maximum Gasteiger partial charge on any atom is 0.235 e. The van der Waals surface area contributed by atoms with Gasteiger partial charge < -0.3 is 14.2 Å². The van der Waals surface area contributed by atoms with Crippen molar-refractivity contribution >= 4 is 15.8 Å². The van der Waals surface area contributed by atoms with Crippen molar-refractivity contribution < 1.29 is 27.4 Å². The minimum Gasteiger partial charge on any atom is -0.380 e. The van der Waals surface area contributed by atoms with Crippen LogP contribution in [0.2, 0.25) is 0 Å².